The van der Waals surface area contributed by atoms with Crippen molar-refractivity contribution in [1.82, 2.24) is 5.06 Å². The molecule has 0 saturated carbocycles. The van der Waals surface area contributed by atoms with E-state index in [1.807, 2.05) is 41.5 Å². The average molecular weight is 227 g/mol. The van der Waals surface area contributed by atoms with Gasteiger partial charge in [-0.05, 0) is 11.1 Å². The summed E-state index contributed by atoms with van der Waals surface area (Å²) in [5, 5.41) is 1.95. The van der Waals surface area contributed by atoms with Gasteiger partial charge in [0.2, 0.25) is 0 Å². The fourth-order valence-corrected chi connectivity index (χ4v) is 1.76. The van der Waals surface area contributed by atoms with Crippen LogP contribution in [-0.2, 0) is 17.9 Å². The van der Waals surface area contributed by atoms with Crippen molar-refractivity contribution in [2.24, 2.45) is 0 Å². The summed E-state index contributed by atoms with van der Waals surface area (Å²) in [7, 11) is 1.71. The number of rotatable bonds is 5. The van der Waals surface area contributed by atoms with Gasteiger partial charge < -0.3 is 4.84 Å². The normalized spacial score (nSPS) is 10.7. The molecule has 2 nitrogen and oxygen atoms in total. The molecule has 2 aromatic carbocycles. The first-order chi connectivity index (χ1) is 8.38. The largest absolute Gasteiger partial charge is 0.302 e. The molecule has 0 aromatic heterocycles. The monoisotopic (exact) mass is 227 g/mol. The standard InChI is InChI=1S/C15H17NO/c1-17-16(12-14-8-4-2-5-9-14)13-15-10-6-3-7-11-15/h2-11H,12-13H2,1H3. The minimum Gasteiger partial charge on any atom is -0.302 e. The molecule has 0 radical (unpaired) electrons. The van der Waals surface area contributed by atoms with Crippen molar-refractivity contribution < 1.29 is 4.84 Å². The SMILES string of the molecule is CON(Cc1ccccc1)Cc1ccccc1. The topological polar surface area (TPSA) is 12.5 Å². The van der Waals surface area contributed by atoms with Crippen LogP contribution in [0.5, 0.6) is 0 Å². The van der Waals surface area contributed by atoms with Crippen LogP contribution in [0.1, 0.15) is 11.1 Å². The van der Waals surface area contributed by atoms with E-state index in [1.54, 1.807) is 7.11 Å². The molecule has 0 fully saturated rings. The van der Waals surface area contributed by atoms with Gasteiger partial charge in [-0.25, -0.2) is 0 Å². The summed E-state index contributed by atoms with van der Waals surface area (Å²) in [6, 6.07) is 20.7. The molecule has 2 heteroatoms. The molecular formula is C15H17NO. The minimum atomic E-state index is 0.798. The van der Waals surface area contributed by atoms with Gasteiger partial charge in [-0.2, -0.15) is 5.06 Å². The lowest BCUT2D eigenvalue weighted by molar-refractivity contribution is -0.146. The van der Waals surface area contributed by atoms with Crippen molar-refractivity contribution in [3.05, 3.63) is 71.8 Å². The Bertz CT molecular complexity index is 386. The lowest BCUT2D eigenvalue weighted by Gasteiger charge is -2.19. The van der Waals surface area contributed by atoms with E-state index >= 15 is 0 Å². The van der Waals surface area contributed by atoms with E-state index in [4.69, 9.17) is 4.84 Å². The highest BCUT2D eigenvalue weighted by Crippen LogP contribution is 2.09. The first-order valence-electron chi connectivity index (χ1n) is 5.75. The van der Waals surface area contributed by atoms with Crippen LogP contribution in [0.25, 0.3) is 0 Å². The predicted octanol–water partition coefficient (Wildman–Crippen LogP) is 3.25. The Morgan fingerprint density at radius 2 is 1.18 bits per heavy atom. The zero-order chi connectivity index (χ0) is 11.9. The lowest BCUT2D eigenvalue weighted by Crippen LogP contribution is -2.21. The molecule has 0 aliphatic rings. The van der Waals surface area contributed by atoms with E-state index in [9.17, 15) is 0 Å². The van der Waals surface area contributed by atoms with Gasteiger partial charge in [0.1, 0.15) is 0 Å². The third-order valence-electron chi connectivity index (χ3n) is 2.66. The summed E-state index contributed by atoms with van der Waals surface area (Å²) in [5.74, 6) is 0. The smallest absolute Gasteiger partial charge is 0.0575 e. The van der Waals surface area contributed by atoms with Gasteiger partial charge in [-0.3, -0.25) is 0 Å². The molecule has 0 atom stereocenters. The maximum Gasteiger partial charge on any atom is 0.0575 e. The molecule has 0 spiro atoms. The van der Waals surface area contributed by atoms with Crippen LogP contribution in [0, 0.1) is 0 Å². The van der Waals surface area contributed by atoms with Crippen molar-refractivity contribution in [1.29, 1.82) is 0 Å². The number of benzene rings is 2. The van der Waals surface area contributed by atoms with Crippen molar-refractivity contribution >= 4 is 0 Å². The number of hydrogen-bond acceptors (Lipinski definition) is 2. The van der Waals surface area contributed by atoms with Gasteiger partial charge in [0.25, 0.3) is 0 Å². The molecule has 0 aliphatic carbocycles. The Balaban J connectivity index is 1.98. The summed E-state index contributed by atoms with van der Waals surface area (Å²) >= 11 is 0. The molecule has 88 valence electrons. The lowest BCUT2D eigenvalue weighted by atomic mass is 10.2. The number of nitrogens with zero attached hydrogens (tertiary/aromatic N) is 1. The molecule has 0 unspecified atom stereocenters. The predicted molar refractivity (Wildman–Crippen MR) is 69.1 cm³/mol. The van der Waals surface area contributed by atoms with Crippen molar-refractivity contribution in [2.45, 2.75) is 13.1 Å². The molecule has 0 heterocycles. The Kier molecular flexibility index (Phi) is 4.30. The van der Waals surface area contributed by atoms with Crippen LogP contribution >= 0.6 is 0 Å². The van der Waals surface area contributed by atoms with Crippen molar-refractivity contribution in [3.8, 4) is 0 Å². The van der Waals surface area contributed by atoms with E-state index in [1.165, 1.54) is 11.1 Å². The summed E-state index contributed by atoms with van der Waals surface area (Å²) < 4.78 is 0. The molecular weight excluding hydrogens is 210 g/mol. The van der Waals surface area contributed by atoms with E-state index in [0.717, 1.165) is 13.1 Å². The summed E-state index contributed by atoms with van der Waals surface area (Å²) in [6.07, 6.45) is 0. The molecule has 2 aromatic rings. The van der Waals surface area contributed by atoms with Gasteiger partial charge in [0.15, 0.2) is 0 Å². The maximum atomic E-state index is 5.39. The Labute approximate surface area is 102 Å². The van der Waals surface area contributed by atoms with E-state index in [2.05, 4.69) is 24.3 Å². The average Bonchev–Trinajstić information content (AvgIpc) is 2.40. The van der Waals surface area contributed by atoms with Crippen LogP contribution in [-0.4, -0.2) is 12.2 Å². The summed E-state index contributed by atoms with van der Waals surface area (Å²) in [6.45, 7) is 1.60. The zero-order valence-corrected chi connectivity index (χ0v) is 10.0. The highest BCUT2D eigenvalue weighted by atomic mass is 16.7. The van der Waals surface area contributed by atoms with Crippen LogP contribution < -0.4 is 0 Å². The highest BCUT2D eigenvalue weighted by Gasteiger charge is 2.05. The molecule has 2 rings (SSSR count). The van der Waals surface area contributed by atoms with Gasteiger partial charge in [0.05, 0.1) is 7.11 Å². The molecule has 0 amide bonds. The fraction of sp³-hybridized carbons (Fsp3) is 0.200. The van der Waals surface area contributed by atoms with Gasteiger partial charge in [-0.15, -0.1) is 0 Å². The minimum absolute atomic E-state index is 0.798. The molecule has 0 N–H and O–H groups in total. The third-order valence-corrected chi connectivity index (χ3v) is 2.66. The van der Waals surface area contributed by atoms with Gasteiger partial charge in [-0.1, -0.05) is 60.7 Å². The van der Waals surface area contributed by atoms with Gasteiger partial charge in [0, 0.05) is 13.1 Å². The number of hydroxylamine groups is 2. The van der Waals surface area contributed by atoms with Crippen LogP contribution in [0.4, 0.5) is 0 Å². The first-order valence-corrected chi connectivity index (χ1v) is 5.75. The van der Waals surface area contributed by atoms with Crippen LogP contribution in [0.2, 0.25) is 0 Å². The number of hydrogen-bond donors (Lipinski definition) is 0. The molecule has 17 heavy (non-hydrogen) atoms. The van der Waals surface area contributed by atoms with Crippen molar-refractivity contribution in [3.63, 3.8) is 0 Å². The van der Waals surface area contributed by atoms with Crippen LogP contribution in [0.15, 0.2) is 60.7 Å². The van der Waals surface area contributed by atoms with Crippen molar-refractivity contribution in [2.75, 3.05) is 7.11 Å². The molecule has 0 bridgehead atoms. The van der Waals surface area contributed by atoms with Crippen LogP contribution in [0.3, 0.4) is 0 Å². The Morgan fingerprint density at radius 3 is 1.53 bits per heavy atom. The second-order valence-electron chi connectivity index (χ2n) is 3.95. The third kappa shape index (κ3) is 3.70. The second-order valence-corrected chi connectivity index (χ2v) is 3.95. The molecule has 0 saturated heterocycles. The fourth-order valence-electron chi connectivity index (χ4n) is 1.76. The highest BCUT2D eigenvalue weighted by molar-refractivity contribution is 5.16. The quantitative estimate of drug-likeness (QED) is 0.727. The molecule has 0 aliphatic heterocycles. The first kappa shape index (κ1) is 11.8. The zero-order valence-electron chi connectivity index (χ0n) is 10.0. The summed E-state index contributed by atoms with van der Waals surface area (Å²) in [4.78, 5) is 5.39. The second kappa shape index (κ2) is 6.18. The van der Waals surface area contributed by atoms with E-state index in [-0.39, 0.29) is 0 Å². The summed E-state index contributed by atoms with van der Waals surface area (Å²) in [5.41, 5.74) is 2.51. The van der Waals surface area contributed by atoms with E-state index < -0.39 is 0 Å². The Hall–Kier alpha value is -1.64. The van der Waals surface area contributed by atoms with E-state index in [0.29, 0.717) is 0 Å². The Morgan fingerprint density at radius 1 is 0.765 bits per heavy atom. The van der Waals surface area contributed by atoms with Gasteiger partial charge >= 0.3 is 0 Å². The maximum absolute atomic E-state index is 5.39.